The van der Waals surface area contributed by atoms with Crippen molar-refractivity contribution in [2.24, 2.45) is 5.73 Å². The summed E-state index contributed by atoms with van der Waals surface area (Å²) in [7, 11) is 1.70. The molecule has 3 aromatic heterocycles. The summed E-state index contributed by atoms with van der Waals surface area (Å²) < 4.78 is 38.8. The van der Waals surface area contributed by atoms with Crippen molar-refractivity contribution in [3.8, 4) is 16.9 Å². The van der Waals surface area contributed by atoms with Crippen LogP contribution in [0.1, 0.15) is 57.9 Å². The van der Waals surface area contributed by atoms with Crippen LogP contribution in [0, 0.1) is 0 Å². The van der Waals surface area contributed by atoms with E-state index in [1.807, 2.05) is 10.6 Å². The molecule has 3 atom stereocenters. The van der Waals surface area contributed by atoms with Crippen molar-refractivity contribution < 1.29 is 23.0 Å². The van der Waals surface area contributed by atoms with Crippen molar-refractivity contribution in [3.63, 3.8) is 0 Å². The predicted molar refractivity (Wildman–Crippen MR) is 130 cm³/mol. The van der Waals surface area contributed by atoms with Gasteiger partial charge in [-0.15, -0.1) is 0 Å². The van der Waals surface area contributed by atoms with Crippen molar-refractivity contribution in [1.29, 1.82) is 0 Å². The van der Waals surface area contributed by atoms with Gasteiger partial charge in [0.15, 0.2) is 0 Å². The minimum absolute atomic E-state index is 0.00703. The molecule has 2 N–H and O–H groups in total. The third-order valence-electron chi connectivity index (χ3n) is 7.78. The SMILES string of the molecule is CN1C(=O)c2cccc(OC(F)F)c2C2CC1c1nc3ncc(-c4cnc(C5(N)CCOC5)nc4)cn3c12. The Balaban J connectivity index is 1.35. The number of ether oxygens (including phenoxy) is 2. The monoisotopic (exact) mass is 519 g/mol. The van der Waals surface area contributed by atoms with E-state index in [9.17, 15) is 13.6 Å². The molecule has 3 aliphatic rings. The molecule has 3 unspecified atom stereocenters. The van der Waals surface area contributed by atoms with Gasteiger partial charge in [0.25, 0.3) is 5.91 Å². The van der Waals surface area contributed by atoms with Gasteiger partial charge in [0, 0.05) is 66.6 Å². The van der Waals surface area contributed by atoms with Gasteiger partial charge in [-0.3, -0.25) is 9.20 Å². The number of carbonyl (C=O) groups excluding carboxylic acids is 1. The van der Waals surface area contributed by atoms with E-state index < -0.39 is 12.2 Å². The van der Waals surface area contributed by atoms with Crippen molar-refractivity contribution in [3.05, 3.63) is 71.3 Å². The average Bonchev–Trinajstić information content (AvgIpc) is 3.60. The van der Waals surface area contributed by atoms with E-state index in [4.69, 9.17) is 20.2 Å². The standard InChI is InChI=1S/C26H23F2N7O3/c1-34-17-7-16(19-15(22(34)36)3-2-4-18(19)38-24(27)28)21-20(17)33-25-32-10-14(11-35(21)25)13-8-30-23(31-9-13)26(29)5-6-37-12-26/h2-4,8-11,16-17,24H,5-7,12,29H2,1H3. The number of hydrogen-bond donors (Lipinski definition) is 1. The van der Waals surface area contributed by atoms with Gasteiger partial charge in [0.1, 0.15) is 17.1 Å². The molecule has 38 heavy (non-hydrogen) atoms. The minimum atomic E-state index is -3.02. The van der Waals surface area contributed by atoms with Gasteiger partial charge in [0.2, 0.25) is 5.78 Å². The highest BCUT2D eigenvalue weighted by molar-refractivity contribution is 5.98. The summed E-state index contributed by atoms with van der Waals surface area (Å²) in [6, 6.07) is 4.36. The molecule has 2 aliphatic heterocycles. The molecule has 1 aliphatic carbocycles. The summed E-state index contributed by atoms with van der Waals surface area (Å²) in [4.78, 5) is 33.2. The number of carbonyl (C=O) groups is 1. The van der Waals surface area contributed by atoms with Crippen LogP contribution >= 0.6 is 0 Å². The van der Waals surface area contributed by atoms with E-state index in [1.54, 1.807) is 42.7 Å². The van der Waals surface area contributed by atoms with Gasteiger partial charge >= 0.3 is 6.61 Å². The van der Waals surface area contributed by atoms with E-state index in [0.717, 1.165) is 16.8 Å². The molecule has 10 nitrogen and oxygen atoms in total. The van der Waals surface area contributed by atoms with E-state index in [1.165, 1.54) is 6.07 Å². The van der Waals surface area contributed by atoms with Gasteiger partial charge < -0.3 is 20.1 Å². The Kier molecular flexibility index (Phi) is 5.01. The van der Waals surface area contributed by atoms with Crippen molar-refractivity contribution >= 4 is 11.7 Å². The number of imidazole rings is 1. The number of amides is 1. The normalized spacial score (nSPS) is 24.1. The molecule has 1 saturated heterocycles. The Morgan fingerprint density at radius 3 is 2.71 bits per heavy atom. The molecule has 0 radical (unpaired) electrons. The summed E-state index contributed by atoms with van der Waals surface area (Å²) in [5.41, 5.74) is 9.47. The molecule has 7 rings (SSSR count). The van der Waals surface area contributed by atoms with Gasteiger partial charge in [-0.05, 0) is 25.0 Å². The van der Waals surface area contributed by atoms with Crippen molar-refractivity contribution in [2.75, 3.05) is 20.3 Å². The van der Waals surface area contributed by atoms with Crippen LogP contribution in [0.2, 0.25) is 0 Å². The number of fused-ring (bicyclic) bond motifs is 9. The molecular weight excluding hydrogens is 496 g/mol. The second-order valence-electron chi connectivity index (χ2n) is 9.97. The topological polar surface area (TPSA) is 121 Å². The predicted octanol–water partition coefficient (Wildman–Crippen LogP) is 3.02. The maximum absolute atomic E-state index is 13.3. The highest BCUT2D eigenvalue weighted by Gasteiger charge is 2.46. The quantitative estimate of drug-likeness (QED) is 0.437. The van der Waals surface area contributed by atoms with Gasteiger partial charge in [0.05, 0.1) is 24.0 Å². The molecule has 0 spiro atoms. The first-order valence-electron chi connectivity index (χ1n) is 12.3. The molecule has 2 bridgehead atoms. The fourth-order valence-corrected chi connectivity index (χ4v) is 5.86. The molecular formula is C26H23F2N7O3. The Bertz CT molecular complexity index is 1580. The second kappa shape index (κ2) is 8.23. The fourth-order valence-electron chi connectivity index (χ4n) is 5.86. The number of alkyl halides is 2. The Hall–Kier alpha value is -4.03. The Labute approximate surface area is 215 Å². The zero-order valence-corrected chi connectivity index (χ0v) is 20.3. The summed E-state index contributed by atoms with van der Waals surface area (Å²) in [6.07, 6.45) is 8.13. The van der Waals surface area contributed by atoms with E-state index >= 15 is 0 Å². The summed E-state index contributed by atoms with van der Waals surface area (Å²) >= 11 is 0. The molecule has 5 heterocycles. The van der Waals surface area contributed by atoms with Gasteiger partial charge in [-0.2, -0.15) is 8.78 Å². The first-order valence-corrected chi connectivity index (χ1v) is 12.3. The van der Waals surface area contributed by atoms with Crippen molar-refractivity contribution in [2.45, 2.75) is 37.0 Å². The van der Waals surface area contributed by atoms with E-state index in [2.05, 4.69) is 15.0 Å². The molecule has 4 aromatic rings. The third kappa shape index (κ3) is 3.33. The smallest absolute Gasteiger partial charge is 0.387 e. The number of hydrogen-bond acceptors (Lipinski definition) is 8. The highest BCUT2D eigenvalue weighted by atomic mass is 19.3. The first-order chi connectivity index (χ1) is 18.3. The lowest BCUT2D eigenvalue weighted by Gasteiger charge is -2.23. The number of benzene rings is 1. The van der Waals surface area contributed by atoms with E-state index in [-0.39, 0.29) is 23.6 Å². The lowest BCUT2D eigenvalue weighted by Crippen LogP contribution is -2.38. The second-order valence-corrected chi connectivity index (χ2v) is 9.97. The minimum Gasteiger partial charge on any atom is -0.434 e. The number of halogens is 2. The van der Waals surface area contributed by atoms with Crippen LogP contribution < -0.4 is 10.5 Å². The number of nitrogens with zero attached hydrogens (tertiary/aromatic N) is 6. The van der Waals surface area contributed by atoms with Crippen LogP contribution in [0.4, 0.5) is 8.78 Å². The lowest BCUT2D eigenvalue weighted by molar-refractivity contribution is -0.0506. The number of rotatable bonds is 4. The van der Waals surface area contributed by atoms with Crippen LogP contribution in [0.3, 0.4) is 0 Å². The van der Waals surface area contributed by atoms with Gasteiger partial charge in [-0.25, -0.2) is 19.9 Å². The van der Waals surface area contributed by atoms with Crippen LogP contribution in [0.15, 0.2) is 43.0 Å². The zero-order chi connectivity index (χ0) is 26.2. The zero-order valence-electron chi connectivity index (χ0n) is 20.3. The largest absolute Gasteiger partial charge is 0.434 e. The number of aromatic nitrogens is 5. The summed E-state index contributed by atoms with van der Waals surface area (Å²) in [6.45, 7) is -2.07. The summed E-state index contributed by atoms with van der Waals surface area (Å²) in [5.74, 6) is 0.321. The highest BCUT2D eigenvalue weighted by Crippen LogP contribution is 2.52. The van der Waals surface area contributed by atoms with Crippen LogP contribution in [0.25, 0.3) is 16.9 Å². The van der Waals surface area contributed by atoms with Gasteiger partial charge in [-0.1, -0.05) is 6.07 Å². The maximum Gasteiger partial charge on any atom is 0.387 e. The lowest BCUT2D eigenvalue weighted by atomic mass is 9.91. The fraction of sp³-hybridized carbons (Fsp3) is 0.346. The number of nitrogens with two attached hydrogens (primary N) is 1. The Morgan fingerprint density at radius 2 is 1.97 bits per heavy atom. The van der Waals surface area contributed by atoms with Crippen LogP contribution in [-0.2, 0) is 10.3 Å². The first kappa shape index (κ1) is 23.1. The molecule has 1 amide bonds. The molecule has 1 aromatic carbocycles. The molecule has 0 saturated carbocycles. The van der Waals surface area contributed by atoms with Crippen LogP contribution in [-0.4, -0.2) is 62.0 Å². The van der Waals surface area contributed by atoms with E-state index in [0.29, 0.717) is 54.5 Å². The maximum atomic E-state index is 13.3. The Morgan fingerprint density at radius 1 is 1.18 bits per heavy atom. The molecule has 194 valence electrons. The molecule has 12 heteroatoms. The average molecular weight is 520 g/mol. The van der Waals surface area contributed by atoms with Crippen LogP contribution in [0.5, 0.6) is 5.75 Å². The third-order valence-corrected chi connectivity index (χ3v) is 7.78. The summed E-state index contributed by atoms with van der Waals surface area (Å²) in [5, 5.41) is 0. The molecule has 1 fully saturated rings. The van der Waals surface area contributed by atoms with Crippen molar-refractivity contribution in [1.82, 2.24) is 29.2 Å².